The number of nitro groups is 1. The van der Waals surface area contributed by atoms with Crippen LogP contribution in [0, 0.1) is 10.1 Å². The molecule has 0 heterocycles. The number of carbonyl (C=O) groups is 2. The Morgan fingerprint density at radius 3 is 2.00 bits per heavy atom. The molecule has 0 radical (unpaired) electrons. The number of hydrogen-bond donors (Lipinski definition) is 3. The third-order valence-corrected chi connectivity index (χ3v) is 4.85. The average molecular weight is 432 g/mol. The van der Waals surface area contributed by atoms with E-state index in [-0.39, 0.29) is 18.3 Å². The summed E-state index contributed by atoms with van der Waals surface area (Å²) >= 11 is 0. The molecule has 0 aliphatic carbocycles. The van der Waals surface area contributed by atoms with Crippen molar-refractivity contribution >= 4 is 17.5 Å². The van der Waals surface area contributed by atoms with Gasteiger partial charge in [-0.25, -0.2) is 0 Å². The molecule has 0 aliphatic heterocycles. The summed E-state index contributed by atoms with van der Waals surface area (Å²) in [5.74, 6) is -0.571. The van der Waals surface area contributed by atoms with Crippen LogP contribution in [0.2, 0.25) is 0 Å². The van der Waals surface area contributed by atoms with Gasteiger partial charge in [-0.2, -0.15) is 0 Å². The number of nitro benzene ring substituents is 1. The lowest BCUT2D eigenvalue weighted by molar-refractivity contribution is -0.384. The van der Waals surface area contributed by atoms with Gasteiger partial charge in [-0.3, -0.25) is 25.0 Å². The van der Waals surface area contributed by atoms with Crippen LogP contribution in [-0.4, -0.2) is 29.4 Å². The third-order valence-electron chi connectivity index (χ3n) is 4.85. The van der Waals surface area contributed by atoms with Gasteiger partial charge in [0.05, 0.1) is 17.6 Å². The highest BCUT2D eigenvalue weighted by Gasteiger charge is 2.19. The van der Waals surface area contributed by atoms with E-state index >= 15 is 0 Å². The van der Waals surface area contributed by atoms with Crippen LogP contribution in [0.5, 0.6) is 0 Å². The molecule has 3 aromatic rings. The zero-order chi connectivity index (χ0) is 22.8. The molecule has 3 rings (SSSR count). The molecular formula is C24H24N4O4. The van der Waals surface area contributed by atoms with Crippen molar-refractivity contribution in [2.45, 2.75) is 19.0 Å². The van der Waals surface area contributed by atoms with Gasteiger partial charge in [-0.05, 0) is 29.7 Å². The number of non-ortho nitro benzene ring substituents is 1. The van der Waals surface area contributed by atoms with Crippen LogP contribution < -0.4 is 16.0 Å². The molecule has 0 saturated heterocycles. The van der Waals surface area contributed by atoms with Gasteiger partial charge < -0.3 is 10.6 Å². The van der Waals surface area contributed by atoms with Crippen molar-refractivity contribution in [1.82, 2.24) is 16.0 Å². The van der Waals surface area contributed by atoms with Gasteiger partial charge in [0.25, 0.3) is 11.6 Å². The summed E-state index contributed by atoms with van der Waals surface area (Å²) in [6.07, 6.45) is 0.453. The van der Waals surface area contributed by atoms with Crippen molar-refractivity contribution in [3.05, 3.63) is 112 Å². The summed E-state index contributed by atoms with van der Waals surface area (Å²) < 4.78 is 0. The van der Waals surface area contributed by atoms with Crippen LogP contribution in [0.1, 0.15) is 21.5 Å². The Morgan fingerprint density at radius 2 is 1.41 bits per heavy atom. The highest BCUT2D eigenvalue weighted by molar-refractivity contribution is 5.94. The number of amides is 2. The zero-order valence-electron chi connectivity index (χ0n) is 17.4. The largest absolute Gasteiger partial charge is 0.351 e. The molecule has 32 heavy (non-hydrogen) atoms. The summed E-state index contributed by atoms with van der Waals surface area (Å²) in [7, 11) is 0. The second-order valence-electron chi connectivity index (χ2n) is 7.14. The topological polar surface area (TPSA) is 113 Å². The summed E-state index contributed by atoms with van der Waals surface area (Å²) in [6, 6.07) is 24.0. The lowest BCUT2D eigenvalue weighted by atomic mass is 10.1. The van der Waals surface area contributed by atoms with E-state index in [1.165, 1.54) is 24.3 Å². The average Bonchev–Trinajstić information content (AvgIpc) is 2.83. The monoisotopic (exact) mass is 432 g/mol. The van der Waals surface area contributed by atoms with E-state index in [4.69, 9.17) is 0 Å². The van der Waals surface area contributed by atoms with Gasteiger partial charge in [-0.15, -0.1) is 0 Å². The maximum absolute atomic E-state index is 12.8. The molecule has 3 aromatic carbocycles. The van der Waals surface area contributed by atoms with E-state index < -0.39 is 16.9 Å². The molecule has 0 fully saturated rings. The first-order valence-corrected chi connectivity index (χ1v) is 10.1. The number of nitrogens with one attached hydrogen (secondary N) is 3. The molecule has 1 atom stereocenters. The number of rotatable bonds is 10. The second-order valence-corrected chi connectivity index (χ2v) is 7.14. The molecular weight excluding hydrogens is 408 g/mol. The van der Waals surface area contributed by atoms with Crippen LogP contribution in [0.15, 0.2) is 84.9 Å². The number of nitrogens with zero attached hydrogens (tertiary/aromatic N) is 1. The number of carbonyl (C=O) groups excluding carboxylic acids is 2. The predicted octanol–water partition coefficient (Wildman–Crippen LogP) is 2.80. The smallest absolute Gasteiger partial charge is 0.269 e. The van der Waals surface area contributed by atoms with Gasteiger partial charge in [0.15, 0.2) is 0 Å². The van der Waals surface area contributed by atoms with Gasteiger partial charge in [0.1, 0.15) is 0 Å². The van der Waals surface area contributed by atoms with Crippen LogP contribution in [0.3, 0.4) is 0 Å². The molecule has 0 aromatic heterocycles. The molecule has 3 N–H and O–H groups in total. The normalized spacial score (nSPS) is 11.4. The van der Waals surface area contributed by atoms with Crippen molar-refractivity contribution < 1.29 is 14.5 Å². The lowest BCUT2D eigenvalue weighted by Gasteiger charge is -2.19. The summed E-state index contributed by atoms with van der Waals surface area (Å²) in [6.45, 7) is 0.466. The van der Waals surface area contributed by atoms with Crippen molar-refractivity contribution in [3.8, 4) is 0 Å². The van der Waals surface area contributed by atoms with E-state index in [0.29, 0.717) is 18.5 Å². The summed E-state index contributed by atoms with van der Waals surface area (Å²) in [4.78, 5) is 35.4. The summed E-state index contributed by atoms with van der Waals surface area (Å²) in [5, 5.41) is 19.4. The minimum absolute atomic E-state index is 0.0616. The van der Waals surface area contributed by atoms with Crippen LogP contribution in [-0.2, 0) is 17.8 Å². The minimum Gasteiger partial charge on any atom is -0.351 e. The van der Waals surface area contributed by atoms with Crippen LogP contribution in [0.4, 0.5) is 5.69 Å². The quantitative estimate of drug-likeness (QED) is 0.259. The summed E-state index contributed by atoms with van der Waals surface area (Å²) in [5.41, 5.74) is 2.19. The zero-order valence-corrected chi connectivity index (χ0v) is 17.4. The van der Waals surface area contributed by atoms with Crippen molar-refractivity contribution in [2.24, 2.45) is 0 Å². The Balaban J connectivity index is 1.58. The van der Waals surface area contributed by atoms with E-state index in [0.717, 1.165) is 11.1 Å². The Kier molecular flexibility index (Phi) is 8.05. The molecule has 8 heteroatoms. The van der Waals surface area contributed by atoms with Crippen molar-refractivity contribution in [1.29, 1.82) is 0 Å². The van der Waals surface area contributed by atoms with E-state index in [1.807, 2.05) is 60.7 Å². The van der Waals surface area contributed by atoms with Crippen LogP contribution >= 0.6 is 0 Å². The number of benzene rings is 3. The van der Waals surface area contributed by atoms with Gasteiger partial charge >= 0.3 is 0 Å². The number of hydrogen-bond acceptors (Lipinski definition) is 5. The first-order chi connectivity index (χ1) is 15.5. The highest BCUT2D eigenvalue weighted by atomic mass is 16.6. The van der Waals surface area contributed by atoms with Crippen molar-refractivity contribution in [2.75, 3.05) is 6.67 Å². The Hall–Kier alpha value is -4.04. The lowest BCUT2D eigenvalue weighted by Crippen LogP contribution is -2.49. The minimum atomic E-state index is -0.557. The fourth-order valence-electron chi connectivity index (χ4n) is 3.11. The third kappa shape index (κ3) is 6.75. The fraction of sp³-hybridized carbons (Fsp3) is 0.167. The maximum atomic E-state index is 12.8. The SMILES string of the molecule is O=C(NCN[C@@H](Cc1ccccc1)C(=O)NCc1ccccc1)c1ccc([N+](=O)[O-])cc1. The molecule has 0 saturated carbocycles. The predicted molar refractivity (Wildman–Crippen MR) is 121 cm³/mol. The Bertz CT molecular complexity index is 1040. The fourth-order valence-corrected chi connectivity index (χ4v) is 3.11. The molecule has 0 aliphatic rings. The van der Waals surface area contributed by atoms with Crippen LogP contribution in [0.25, 0.3) is 0 Å². The van der Waals surface area contributed by atoms with Crippen molar-refractivity contribution in [3.63, 3.8) is 0 Å². The van der Waals surface area contributed by atoms with Gasteiger partial charge in [0.2, 0.25) is 5.91 Å². The standard InChI is InChI=1S/C24H24N4O4/c29-23(20-11-13-21(14-12-20)28(31)32)27-17-26-22(15-18-7-3-1-4-8-18)24(30)25-16-19-9-5-2-6-10-19/h1-14,22,26H,15-17H2,(H,25,30)(H,27,29)/t22-/m0/s1. The first-order valence-electron chi connectivity index (χ1n) is 10.1. The van der Waals surface area contributed by atoms with E-state index in [1.54, 1.807) is 0 Å². The second kappa shape index (κ2) is 11.4. The Morgan fingerprint density at radius 1 is 0.812 bits per heavy atom. The van der Waals surface area contributed by atoms with E-state index in [9.17, 15) is 19.7 Å². The van der Waals surface area contributed by atoms with Gasteiger partial charge in [0, 0.05) is 24.2 Å². The first kappa shape index (κ1) is 22.6. The molecule has 8 nitrogen and oxygen atoms in total. The molecule has 2 amide bonds. The highest BCUT2D eigenvalue weighted by Crippen LogP contribution is 2.11. The van der Waals surface area contributed by atoms with Gasteiger partial charge in [-0.1, -0.05) is 60.7 Å². The molecule has 0 bridgehead atoms. The molecule has 0 spiro atoms. The van der Waals surface area contributed by atoms with E-state index in [2.05, 4.69) is 16.0 Å². The molecule has 0 unspecified atom stereocenters. The maximum Gasteiger partial charge on any atom is 0.269 e. The Labute approximate surface area is 185 Å². The molecule has 164 valence electrons.